The van der Waals surface area contributed by atoms with Gasteiger partial charge in [-0.3, -0.25) is 4.79 Å². The van der Waals surface area contributed by atoms with E-state index in [0.29, 0.717) is 6.54 Å². The van der Waals surface area contributed by atoms with Gasteiger partial charge in [-0.2, -0.15) is 0 Å². The molecule has 7 heteroatoms. The maximum absolute atomic E-state index is 13.4. The van der Waals surface area contributed by atoms with Gasteiger partial charge in [-0.25, -0.2) is 9.59 Å². The van der Waals surface area contributed by atoms with Gasteiger partial charge in [-0.1, -0.05) is 55.5 Å². The number of nitrogens with one attached hydrogen (secondary N) is 1. The average molecular weight is 463 g/mol. The zero-order valence-corrected chi connectivity index (χ0v) is 19.3. The molecule has 2 aromatic carbocycles. The molecule has 1 aliphatic heterocycles. The molecule has 2 fully saturated rings. The van der Waals surface area contributed by atoms with Crippen molar-refractivity contribution in [3.05, 3.63) is 59.7 Å². The summed E-state index contributed by atoms with van der Waals surface area (Å²) in [5, 5.41) is 12.5. The first-order chi connectivity index (χ1) is 16.5. The van der Waals surface area contributed by atoms with Crippen LogP contribution in [0.5, 0.6) is 0 Å². The Balaban J connectivity index is 1.27. The fraction of sp³-hybridized carbons (Fsp3) is 0.444. The highest BCUT2D eigenvalue weighted by Crippen LogP contribution is 2.44. The smallest absolute Gasteiger partial charge is 0.407 e. The molecule has 0 radical (unpaired) electrons. The molecule has 0 spiro atoms. The topological polar surface area (TPSA) is 95.9 Å². The highest BCUT2D eigenvalue weighted by atomic mass is 16.5. The Kier molecular flexibility index (Phi) is 6.02. The van der Waals surface area contributed by atoms with Crippen LogP contribution in [0.15, 0.2) is 48.5 Å². The van der Waals surface area contributed by atoms with Crippen LogP contribution in [0, 0.1) is 11.8 Å². The number of carbonyl (C=O) groups excluding carboxylic acids is 2. The van der Waals surface area contributed by atoms with Crippen molar-refractivity contribution in [3.63, 3.8) is 0 Å². The standard InChI is InChI=1S/C27H30N2O5/c1-16-7-6-14-29(24(16)26(31)32)25(30)23(17-12-13-17)28-27(33)34-15-22-20-10-4-2-8-18(20)19-9-3-5-11-21(19)22/h2-5,8-11,16-17,22-24H,6-7,12-15H2,1H3,(H,28,33)(H,31,32). The van der Waals surface area contributed by atoms with Crippen LogP contribution in [0.1, 0.15) is 49.7 Å². The molecule has 2 aromatic rings. The van der Waals surface area contributed by atoms with Gasteiger partial charge in [0.15, 0.2) is 0 Å². The Morgan fingerprint density at radius 3 is 2.24 bits per heavy atom. The van der Waals surface area contributed by atoms with E-state index in [1.54, 1.807) is 0 Å². The molecular weight excluding hydrogens is 432 g/mol. The predicted octanol–water partition coefficient (Wildman–Crippen LogP) is 4.02. The van der Waals surface area contributed by atoms with Crippen LogP contribution < -0.4 is 5.32 Å². The van der Waals surface area contributed by atoms with E-state index < -0.39 is 24.1 Å². The summed E-state index contributed by atoms with van der Waals surface area (Å²) in [5.41, 5.74) is 4.55. The van der Waals surface area contributed by atoms with Crippen molar-refractivity contribution in [2.45, 2.75) is 50.6 Å². The Morgan fingerprint density at radius 1 is 1.03 bits per heavy atom. The van der Waals surface area contributed by atoms with E-state index in [4.69, 9.17) is 4.74 Å². The number of carboxylic acids is 1. The van der Waals surface area contributed by atoms with Gasteiger partial charge in [-0.05, 0) is 59.8 Å². The number of amides is 2. The van der Waals surface area contributed by atoms with Gasteiger partial charge in [0, 0.05) is 12.5 Å². The summed E-state index contributed by atoms with van der Waals surface area (Å²) in [4.78, 5) is 39.5. The van der Waals surface area contributed by atoms with Crippen LogP contribution in [0.4, 0.5) is 4.79 Å². The number of carboxylic acid groups (broad SMARTS) is 1. The third-order valence-electron chi connectivity index (χ3n) is 7.45. The highest BCUT2D eigenvalue weighted by molar-refractivity contribution is 5.90. The van der Waals surface area contributed by atoms with Gasteiger partial charge in [-0.15, -0.1) is 0 Å². The molecule has 34 heavy (non-hydrogen) atoms. The van der Waals surface area contributed by atoms with Gasteiger partial charge in [0.25, 0.3) is 0 Å². The molecule has 0 bridgehead atoms. The number of nitrogens with zero attached hydrogens (tertiary/aromatic N) is 1. The number of carbonyl (C=O) groups is 3. The van der Waals surface area contributed by atoms with Crippen molar-refractivity contribution >= 4 is 18.0 Å². The largest absolute Gasteiger partial charge is 0.480 e. The first-order valence-corrected chi connectivity index (χ1v) is 12.1. The number of benzene rings is 2. The van der Waals surface area contributed by atoms with Crippen LogP contribution in [0.3, 0.4) is 0 Å². The van der Waals surface area contributed by atoms with Gasteiger partial charge >= 0.3 is 12.1 Å². The molecular formula is C27H30N2O5. The molecule has 1 heterocycles. The number of rotatable bonds is 6. The van der Waals surface area contributed by atoms with Gasteiger partial charge < -0.3 is 20.1 Å². The number of alkyl carbamates (subject to hydrolysis) is 1. The van der Waals surface area contributed by atoms with E-state index in [9.17, 15) is 19.5 Å². The molecule has 3 atom stereocenters. The normalized spacial score (nSPS) is 22.4. The molecule has 5 rings (SSSR count). The zero-order valence-electron chi connectivity index (χ0n) is 19.3. The van der Waals surface area contributed by atoms with Crippen molar-refractivity contribution < 1.29 is 24.2 Å². The molecule has 1 saturated carbocycles. The second kappa shape index (κ2) is 9.12. The lowest BCUT2D eigenvalue weighted by molar-refractivity contribution is -0.155. The highest BCUT2D eigenvalue weighted by Gasteiger charge is 2.45. The Morgan fingerprint density at radius 2 is 1.65 bits per heavy atom. The maximum Gasteiger partial charge on any atom is 0.407 e. The monoisotopic (exact) mass is 462 g/mol. The van der Waals surface area contributed by atoms with Crippen molar-refractivity contribution in [2.75, 3.05) is 13.2 Å². The number of hydrogen-bond acceptors (Lipinski definition) is 4. The summed E-state index contributed by atoms with van der Waals surface area (Å²) >= 11 is 0. The first kappa shape index (κ1) is 22.4. The van der Waals surface area contributed by atoms with Crippen LogP contribution in [-0.2, 0) is 14.3 Å². The van der Waals surface area contributed by atoms with E-state index in [0.717, 1.165) is 47.9 Å². The van der Waals surface area contributed by atoms with Crippen LogP contribution in [0.2, 0.25) is 0 Å². The van der Waals surface area contributed by atoms with Crippen LogP contribution in [-0.4, -0.2) is 53.2 Å². The lowest BCUT2D eigenvalue weighted by Crippen LogP contribution is -2.58. The molecule has 178 valence electrons. The number of piperidine rings is 1. The van der Waals surface area contributed by atoms with Gasteiger partial charge in [0.05, 0.1) is 0 Å². The Hall–Kier alpha value is -3.35. The molecule has 2 N–H and O–H groups in total. The number of aliphatic carboxylic acids is 1. The summed E-state index contributed by atoms with van der Waals surface area (Å²) in [6.45, 7) is 2.43. The summed E-state index contributed by atoms with van der Waals surface area (Å²) in [6.07, 6.45) is 2.57. The van der Waals surface area contributed by atoms with Gasteiger partial charge in [0.1, 0.15) is 18.7 Å². The van der Waals surface area contributed by atoms with Crippen molar-refractivity contribution in [3.8, 4) is 11.1 Å². The van der Waals surface area contributed by atoms with E-state index >= 15 is 0 Å². The minimum absolute atomic E-state index is 0.0275. The average Bonchev–Trinajstić information content (AvgIpc) is 3.63. The minimum atomic E-state index is -0.990. The number of ether oxygens (including phenoxy) is 1. The van der Waals surface area contributed by atoms with E-state index in [2.05, 4.69) is 29.6 Å². The lowest BCUT2D eigenvalue weighted by atomic mass is 9.90. The second-order valence-electron chi connectivity index (χ2n) is 9.72. The van der Waals surface area contributed by atoms with Crippen LogP contribution in [0.25, 0.3) is 11.1 Å². The Bertz CT molecular complexity index is 1070. The van der Waals surface area contributed by atoms with Gasteiger partial charge in [0.2, 0.25) is 5.91 Å². The third-order valence-corrected chi connectivity index (χ3v) is 7.45. The first-order valence-electron chi connectivity index (χ1n) is 12.1. The van der Waals surface area contributed by atoms with Crippen LogP contribution >= 0.6 is 0 Å². The van der Waals surface area contributed by atoms with E-state index in [1.807, 2.05) is 31.2 Å². The van der Waals surface area contributed by atoms with Crippen molar-refractivity contribution in [1.29, 1.82) is 0 Å². The Labute approximate surface area is 199 Å². The molecule has 1 saturated heterocycles. The molecule has 0 aromatic heterocycles. The fourth-order valence-corrected chi connectivity index (χ4v) is 5.57. The zero-order chi connectivity index (χ0) is 23.8. The maximum atomic E-state index is 13.4. The summed E-state index contributed by atoms with van der Waals surface area (Å²) in [6, 6.07) is 14.6. The predicted molar refractivity (Wildman–Crippen MR) is 126 cm³/mol. The summed E-state index contributed by atoms with van der Waals surface area (Å²) < 4.78 is 5.64. The summed E-state index contributed by atoms with van der Waals surface area (Å²) in [7, 11) is 0. The number of likely N-dealkylation sites (tertiary alicyclic amines) is 1. The lowest BCUT2D eigenvalue weighted by Gasteiger charge is -2.39. The van der Waals surface area contributed by atoms with Crippen molar-refractivity contribution in [2.24, 2.45) is 11.8 Å². The molecule has 3 unspecified atom stereocenters. The molecule has 3 aliphatic rings. The quantitative estimate of drug-likeness (QED) is 0.676. The van der Waals surface area contributed by atoms with E-state index in [1.165, 1.54) is 4.90 Å². The molecule has 2 aliphatic carbocycles. The summed E-state index contributed by atoms with van der Waals surface area (Å²) in [5.74, 6) is -1.46. The number of fused-ring (bicyclic) bond motifs is 3. The fourth-order valence-electron chi connectivity index (χ4n) is 5.57. The minimum Gasteiger partial charge on any atom is -0.480 e. The molecule has 2 amide bonds. The molecule has 7 nitrogen and oxygen atoms in total. The number of hydrogen-bond donors (Lipinski definition) is 2. The van der Waals surface area contributed by atoms with E-state index in [-0.39, 0.29) is 30.3 Å². The van der Waals surface area contributed by atoms with Crippen molar-refractivity contribution in [1.82, 2.24) is 10.2 Å². The second-order valence-corrected chi connectivity index (χ2v) is 9.72. The third kappa shape index (κ3) is 4.15. The SMILES string of the molecule is CC1CCCN(C(=O)C(NC(=O)OCC2c3ccccc3-c3ccccc32)C2CC2)C1C(=O)O.